The van der Waals surface area contributed by atoms with Crippen LogP contribution in [0.2, 0.25) is 0 Å². The molecule has 0 saturated carbocycles. The summed E-state index contributed by atoms with van der Waals surface area (Å²) in [5.74, 6) is 0.497. The highest BCUT2D eigenvalue weighted by Crippen LogP contribution is 2.25. The van der Waals surface area contributed by atoms with Crippen molar-refractivity contribution in [2.24, 2.45) is 0 Å². The van der Waals surface area contributed by atoms with Crippen LogP contribution in [-0.2, 0) is 6.54 Å². The second kappa shape index (κ2) is 5.76. The predicted octanol–water partition coefficient (Wildman–Crippen LogP) is 2.36. The van der Waals surface area contributed by atoms with Crippen molar-refractivity contribution in [2.75, 3.05) is 18.8 Å². The predicted molar refractivity (Wildman–Crippen MR) is 81.8 cm³/mol. The third-order valence-electron chi connectivity index (χ3n) is 3.90. The average Bonchev–Trinajstić information content (AvgIpc) is 2.81. The third kappa shape index (κ3) is 2.76. The molecule has 2 heterocycles. The van der Waals surface area contributed by atoms with E-state index in [1.807, 2.05) is 4.57 Å². The molecular formula is C14H19N5S. The fourth-order valence-corrected chi connectivity index (χ4v) is 3.14. The highest BCUT2D eigenvalue weighted by molar-refractivity contribution is 7.71. The molecule has 0 unspecified atom stereocenters. The van der Waals surface area contributed by atoms with E-state index in [9.17, 15) is 0 Å². The molecule has 3 N–H and O–H groups in total. The van der Waals surface area contributed by atoms with Crippen LogP contribution < -0.4 is 5.73 Å². The number of rotatable bonds is 3. The van der Waals surface area contributed by atoms with Gasteiger partial charge in [0.05, 0.1) is 0 Å². The Labute approximate surface area is 123 Å². The zero-order chi connectivity index (χ0) is 13.9. The van der Waals surface area contributed by atoms with Gasteiger partial charge in [0.2, 0.25) is 5.95 Å². The summed E-state index contributed by atoms with van der Waals surface area (Å²) in [6.07, 6.45) is 2.12. The first kappa shape index (κ1) is 13.3. The lowest BCUT2D eigenvalue weighted by Gasteiger charge is -2.32. The van der Waals surface area contributed by atoms with Crippen LogP contribution in [0.5, 0.6) is 0 Å². The van der Waals surface area contributed by atoms with E-state index in [0.29, 0.717) is 16.8 Å². The first-order valence-electron chi connectivity index (χ1n) is 6.92. The number of nitrogen functional groups attached to an aromatic ring is 1. The molecule has 1 aliphatic heterocycles. The van der Waals surface area contributed by atoms with Crippen LogP contribution in [0.15, 0.2) is 30.3 Å². The van der Waals surface area contributed by atoms with Gasteiger partial charge in [-0.2, -0.15) is 0 Å². The molecule has 0 bridgehead atoms. The largest absolute Gasteiger partial charge is 0.368 e. The minimum atomic E-state index is 0.369. The lowest BCUT2D eigenvalue weighted by Crippen LogP contribution is -2.34. The highest BCUT2D eigenvalue weighted by atomic mass is 32.1. The normalized spacial score (nSPS) is 17.4. The molecule has 0 radical (unpaired) electrons. The van der Waals surface area contributed by atoms with Crippen LogP contribution in [0.3, 0.4) is 0 Å². The van der Waals surface area contributed by atoms with Crippen LogP contribution in [0.1, 0.15) is 24.4 Å². The van der Waals surface area contributed by atoms with Crippen LogP contribution in [-0.4, -0.2) is 32.8 Å². The first-order valence-corrected chi connectivity index (χ1v) is 7.33. The van der Waals surface area contributed by atoms with Crippen molar-refractivity contribution in [1.82, 2.24) is 19.7 Å². The maximum absolute atomic E-state index is 5.87. The van der Waals surface area contributed by atoms with Crippen LogP contribution >= 0.6 is 12.2 Å². The van der Waals surface area contributed by atoms with Gasteiger partial charge in [0.1, 0.15) is 0 Å². The number of hydrogen-bond donors (Lipinski definition) is 2. The van der Waals surface area contributed by atoms with E-state index in [2.05, 4.69) is 45.4 Å². The van der Waals surface area contributed by atoms with Gasteiger partial charge >= 0.3 is 0 Å². The number of likely N-dealkylation sites (tertiary alicyclic amines) is 1. The molecule has 1 aromatic heterocycles. The number of nitrogens with two attached hydrogens (primary N) is 1. The Morgan fingerprint density at radius 3 is 2.55 bits per heavy atom. The van der Waals surface area contributed by atoms with Gasteiger partial charge in [-0.15, -0.1) is 5.10 Å². The van der Waals surface area contributed by atoms with Gasteiger partial charge in [-0.3, -0.25) is 9.47 Å². The minimum Gasteiger partial charge on any atom is -0.368 e. The van der Waals surface area contributed by atoms with E-state index in [1.165, 1.54) is 5.56 Å². The summed E-state index contributed by atoms with van der Waals surface area (Å²) >= 11 is 5.24. The molecule has 106 valence electrons. The first-order chi connectivity index (χ1) is 9.74. The van der Waals surface area contributed by atoms with Gasteiger partial charge in [0, 0.05) is 25.7 Å². The van der Waals surface area contributed by atoms with E-state index in [-0.39, 0.29) is 0 Å². The number of aromatic nitrogens is 3. The van der Waals surface area contributed by atoms with Crippen molar-refractivity contribution in [3.8, 4) is 0 Å². The number of H-pyrrole nitrogens is 1. The summed E-state index contributed by atoms with van der Waals surface area (Å²) in [6.45, 7) is 3.14. The molecule has 2 aromatic rings. The third-order valence-corrected chi connectivity index (χ3v) is 4.19. The summed E-state index contributed by atoms with van der Waals surface area (Å²) in [7, 11) is 0. The summed E-state index contributed by atoms with van der Waals surface area (Å²) < 4.78 is 2.58. The molecule has 1 aliphatic rings. The van der Waals surface area contributed by atoms with Crippen molar-refractivity contribution in [1.29, 1.82) is 0 Å². The van der Waals surface area contributed by atoms with E-state index >= 15 is 0 Å². The Morgan fingerprint density at radius 1 is 1.25 bits per heavy atom. The molecule has 3 rings (SSSR count). The fourth-order valence-electron chi connectivity index (χ4n) is 2.85. The SMILES string of the molecule is Nc1n[nH]c(=S)n1C1CCN(Cc2ccccc2)CC1. The summed E-state index contributed by atoms with van der Waals surface area (Å²) in [5.41, 5.74) is 7.24. The van der Waals surface area contributed by atoms with Crippen LogP contribution in [0.4, 0.5) is 5.95 Å². The lowest BCUT2D eigenvalue weighted by atomic mass is 10.0. The number of benzene rings is 1. The molecule has 1 saturated heterocycles. The summed E-state index contributed by atoms with van der Waals surface area (Å²) in [5, 5.41) is 6.75. The van der Waals surface area contributed by atoms with Crippen LogP contribution in [0.25, 0.3) is 0 Å². The maximum atomic E-state index is 5.87. The Balaban J connectivity index is 1.61. The molecular weight excluding hydrogens is 270 g/mol. The summed E-state index contributed by atoms with van der Waals surface area (Å²) in [4.78, 5) is 2.48. The second-order valence-electron chi connectivity index (χ2n) is 5.25. The number of piperidine rings is 1. The number of nitrogens with one attached hydrogen (secondary N) is 1. The quantitative estimate of drug-likeness (QED) is 0.852. The Morgan fingerprint density at radius 2 is 1.95 bits per heavy atom. The number of nitrogens with zero attached hydrogens (tertiary/aromatic N) is 3. The zero-order valence-electron chi connectivity index (χ0n) is 11.3. The smallest absolute Gasteiger partial charge is 0.220 e. The molecule has 6 heteroatoms. The second-order valence-corrected chi connectivity index (χ2v) is 5.64. The van der Waals surface area contributed by atoms with E-state index in [0.717, 1.165) is 32.5 Å². The Kier molecular flexibility index (Phi) is 3.84. The fraction of sp³-hybridized carbons (Fsp3) is 0.429. The van der Waals surface area contributed by atoms with Gasteiger partial charge in [-0.1, -0.05) is 30.3 Å². The van der Waals surface area contributed by atoms with Crippen molar-refractivity contribution in [3.05, 3.63) is 40.7 Å². The Hall–Kier alpha value is -1.66. The molecule has 0 spiro atoms. The molecule has 0 aliphatic carbocycles. The van der Waals surface area contributed by atoms with E-state index in [1.54, 1.807) is 0 Å². The van der Waals surface area contributed by atoms with Crippen molar-refractivity contribution < 1.29 is 0 Å². The van der Waals surface area contributed by atoms with Gasteiger partial charge in [0.25, 0.3) is 0 Å². The van der Waals surface area contributed by atoms with Crippen molar-refractivity contribution in [2.45, 2.75) is 25.4 Å². The lowest BCUT2D eigenvalue weighted by molar-refractivity contribution is 0.180. The molecule has 1 fully saturated rings. The number of hydrogen-bond acceptors (Lipinski definition) is 4. The Bertz CT molecular complexity index is 610. The topological polar surface area (TPSA) is 62.9 Å². The van der Waals surface area contributed by atoms with Crippen LogP contribution in [0, 0.1) is 4.77 Å². The van der Waals surface area contributed by atoms with Crippen molar-refractivity contribution in [3.63, 3.8) is 0 Å². The number of anilines is 1. The molecule has 0 amide bonds. The minimum absolute atomic E-state index is 0.369. The van der Waals surface area contributed by atoms with E-state index in [4.69, 9.17) is 18.0 Å². The van der Waals surface area contributed by atoms with Gasteiger partial charge in [-0.05, 0) is 30.6 Å². The number of aromatic amines is 1. The van der Waals surface area contributed by atoms with Crippen molar-refractivity contribution >= 4 is 18.2 Å². The highest BCUT2D eigenvalue weighted by Gasteiger charge is 2.22. The molecule has 20 heavy (non-hydrogen) atoms. The average molecular weight is 289 g/mol. The van der Waals surface area contributed by atoms with E-state index < -0.39 is 0 Å². The maximum Gasteiger partial charge on any atom is 0.220 e. The monoisotopic (exact) mass is 289 g/mol. The summed E-state index contributed by atoms with van der Waals surface area (Å²) in [6, 6.07) is 11.0. The van der Waals surface area contributed by atoms with Gasteiger partial charge in [0.15, 0.2) is 4.77 Å². The van der Waals surface area contributed by atoms with Gasteiger partial charge in [-0.25, -0.2) is 5.10 Å². The molecule has 1 aromatic carbocycles. The zero-order valence-corrected chi connectivity index (χ0v) is 12.1. The molecule has 5 nitrogen and oxygen atoms in total. The molecule has 0 atom stereocenters. The van der Waals surface area contributed by atoms with Gasteiger partial charge < -0.3 is 5.73 Å². The standard InChI is InChI=1S/C14H19N5S/c15-13-16-17-14(20)19(13)12-6-8-18(9-7-12)10-11-4-2-1-3-5-11/h1-5,12H,6-10H2,(H2,15,16)(H,17,20).